The van der Waals surface area contributed by atoms with Crippen molar-refractivity contribution < 1.29 is 17.9 Å². The van der Waals surface area contributed by atoms with Gasteiger partial charge in [0.2, 0.25) is 10.0 Å². The van der Waals surface area contributed by atoms with E-state index < -0.39 is 10.0 Å². The minimum atomic E-state index is -3.87. The molecule has 1 amide bonds. The zero-order chi connectivity index (χ0) is 21.0. The monoisotopic (exact) mass is 410 g/mol. The molecule has 0 aromatic heterocycles. The van der Waals surface area contributed by atoms with E-state index in [0.717, 1.165) is 16.7 Å². The van der Waals surface area contributed by atoms with Crippen molar-refractivity contribution in [1.82, 2.24) is 0 Å². The van der Waals surface area contributed by atoms with Crippen LogP contribution >= 0.6 is 0 Å². The Bertz CT molecular complexity index is 1130. The Kier molecular flexibility index (Phi) is 6.00. The summed E-state index contributed by atoms with van der Waals surface area (Å²) < 4.78 is 29.0. The first-order valence-corrected chi connectivity index (χ1v) is 10.5. The van der Waals surface area contributed by atoms with E-state index in [9.17, 15) is 13.2 Å². The molecule has 0 aliphatic rings. The number of ether oxygens (including phenoxy) is 1. The van der Waals surface area contributed by atoms with E-state index >= 15 is 0 Å². The molecule has 0 bridgehead atoms. The lowest BCUT2D eigenvalue weighted by molar-refractivity contribution is 0.102. The van der Waals surface area contributed by atoms with Gasteiger partial charge in [0.25, 0.3) is 5.91 Å². The number of nitrogens with one attached hydrogen (secondary N) is 1. The summed E-state index contributed by atoms with van der Waals surface area (Å²) in [5.41, 5.74) is 3.37. The van der Waals surface area contributed by atoms with E-state index in [-0.39, 0.29) is 10.8 Å². The van der Waals surface area contributed by atoms with Gasteiger partial charge in [0, 0.05) is 11.3 Å². The fraction of sp³-hybridized carbons (Fsp3) is 0.136. The number of carbonyl (C=O) groups excluding carboxylic acids is 1. The molecule has 0 fully saturated rings. The molecule has 3 aromatic carbocycles. The minimum Gasteiger partial charge on any atom is -0.489 e. The van der Waals surface area contributed by atoms with E-state index in [1.165, 1.54) is 12.1 Å². The Balaban J connectivity index is 1.72. The van der Waals surface area contributed by atoms with Crippen molar-refractivity contribution in [3.05, 3.63) is 89.0 Å². The highest BCUT2D eigenvalue weighted by Gasteiger charge is 2.15. The van der Waals surface area contributed by atoms with Crippen molar-refractivity contribution in [2.45, 2.75) is 25.3 Å². The summed E-state index contributed by atoms with van der Waals surface area (Å²) in [6.07, 6.45) is 0. The van der Waals surface area contributed by atoms with Crippen LogP contribution in [0.4, 0.5) is 5.69 Å². The molecule has 3 rings (SSSR count). The van der Waals surface area contributed by atoms with Crippen LogP contribution in [0.1, 0.15) is 27.0 Å². The molecular formula is C22H22N2O4S. The van der Waals surface area contributed by atoms with Crippen LogP contribution in [0.3, 0.4) is 0 Å². The van der Waals surface area contributed by atoms with Crippen LogP contribution in [0, 0.1) is 13.8 Å². The van der Waals surface area contributed by atoms with Gasteiger partial charge >= 0.3 is 0 Å². The lowest BCUT2D eigenvalue weighted by Gasteiger charge is -2.13. The largest absolute Gasteiger partial charge is 0.489 e. The van der Waals surface area contributed by atoms with E-state index in [1.807, 2.05) is 30.3 Å². The van der Waals surface area contributed by atoms with Gasteiger partial charge in [0.1, 0.15) is 12.4 Å². The molecule has 0 heterocycles. The first kappa shape index (κ1) is 20.6. The summed E-state index contributed by atoms with van der Waals surface area (Å²) in [7, 11) is -3.87. The Morgan fingerprint density at radius 1 is 1.00 bits per heavy atom. The van der Waals surface area contributed by atoms with Gasteiger partial charge in [-0.2, -0.15) is 0 Å². The van der Waals surface area contributed by atoms with E-state index in [1.54, 1.807) is 38.1 Å². The van der Waals surface area contributed by atoms with Crippen LogP contribution in [-0.2, 0) is 16.6 Å². The number of benzene rings is 3. The molecule has 150 valence electrons. The van der Waals surface area contributed by atoms with Crippen molar-refractivity contribution in [1.29, 1.82) is 0 Å². The fourth-order valence-corrected chi connectivity index (χ4v) is 3.38. The minimum absolute atomic E-state index is 0.0411. The highest BCUT2D eigenvalue weighted by Crippen LogP contribution is 2.24. The van der Waals surface area contributed by atoms with Crippen LogP contribution in [0.15, 0.2) is 71.6 Å². The third-order valence-electron chi connectivity index (χ3n) is 4.58. The molecule has 0 saturated carbocycles. The molecule has 0 spiro atoms. The van der Waals surface area contributed by atoms with Crippen molar-refractivity contribution >= 4 is 21.6 Å². The van der Waals surface area contributed by atoms with E-state index in [4.69, 9.17) is 9.88 Å². The number of rotatable bonds is 6. The summed E-state index contributed by atoms with van der Waals surface area (Å²) >= 11 is 0. The van der Waals surface area contributed by atoms with Gasteiger partial charge in [-0.05, 0) is 66.9 Å². The number of hydrogen-bond acceptors (Lipinski definition) is 4. The number of amides is 1. The number of sulfonamides is 1. The molecule has 0 atom stereocenters. The summed E-state index contributed by atoms with van der Waals surface area (Å²) in [5, 5.41) is 7.98. The topological polar surface area (TPSA) is 98.5 Å². The average molecular weight is 410 g/mol. The fourth-order valence-electron chi connectivity index (χ4n) is 2.76. The van der Waals surface area contributed by atoms with Crippen LogP contribution in [0.2, 0.25) is 0 Å². The molecule has 0 unspecified atom stereocenters. The zero-order valence-electron chi connectivity index (χ0n) is 16.2. The average Bonchev–Trinajstić information content (AvgIpc) is 2.70. The van der Waals surface area contributed by atoms with Gasteiger partial charge in [-0.15, -0.1) is 0 Å². The van der Waals surface area contributed by atoms with Gasteiger partial charge in [-0.25, -0.2) is 13.6 Å². The van der Waals surface area contributed by atoms with Gasteiger partial charge in [0.15, 0.2) is 0 Å². The summed E-state index contributed by atoms with van der Waals surface area (Å²) in [6, 6.07) is 19.4. The van der Waals surface area contributed by atoms with Gasteiger partial charge in [0.05, 0.1) is 4.90 Å². The lowest BCUT2D eigenvalue weighted by atomic mass is 10.1. The quantitative estimate of drug-likeness (QED) is 0.646. The van der Waals surface area contributed by atoms with Gasteiger partial charge < -0.3 is 10.1 Å². The number of aryl methyl sites for hydroxylation is 1. The lowest BCUT2D eigenvalue weighted by Crippen LogP contribution is -2.16. The Morgan fingerprint density at radius 2 is 1.66 bits per heavy atom. The SMILES string of the molecule is Cc1cc(S(N)(=O)=O)cc(NC(=O)c2ccc(OCc3ccccc3)cc2)c1C. The molecule has 0 saturated heterocycles. The first-order chi connectivity index (χ1) is 13.7. The van der Waals surface area contributed by atoms with E-state index in [0.29, 0.717) is 23.6 Å². The number of carbonyl (C=O) groups is 1. The predicted molar refractivity (Wildman–Crippen MR) is 112 cm³/mol. The van der Waals surface area contributed by atoms with Crippen LogP contribution in [-0.4, -0.2) is 14.3 Å². The maximum atomic E-state index is 12.6. The highest BCUT2D eigenvalue weighted by atomic mass is 32.2. The first-order valence-electron chi connectivity index (χ1n) is 8.96. The zero-order valence-corrected chi connectivity index (χ0v) is 17.0. The maximum Gasteiger partial charge on any atom is 0.255 e. The molecule has 0 aliphatic carbocycles. The molecule has 0 radical (unpaired) electrons. The van der Waals surface area contributed by atoms with Crippen molar-refractivity contribution in [2.75, 3.05) is 5.32 Å². The number of primary sulfonamides is 1. The smallest absolute Gasteiger partial charge is 0.255 e. The van der Waals surface area contributed by atoms with Crippen molar-refractivity contribution in [2.24, 2.45) is 5.14 Å². The summed E-state index contributed by atoms with van der Waals surface area (Å²) in [5.74, 6) is 0.294. The standard InChI is InChI=1S/C22H22N2O4S/c1-15-12-20(29(23,26)27)13-21(16(15)2)24-22(25)18-8-10-19(11-9-18)28-14-17-6-4-3-5-7-17/h3-13H,14H2,1-2H3,(H,24,25)(H2,23,26,27). The Labute approximate surface area is 170 Å². The molecule has 0 aliphatic heterocycles. The Hall–Kier alpha value is -3.16. The second kappa shape index (κ2) is 8.46. The van der Waals surface area contributed by atoms with Crippen LogP contribution in [0.5, 0.6) is 5.75 Å². The predicted octanol–water partition coefficient (Wildman–Crippen LogP) is 3.78. The van der Waals surface area contributed by atoms with Crippen molar-refractivity contribution in [3.8, 4) is 5.75 Å². The van der Waals surface area contributed by atoms with Gasteiger partial charge in [-0.1, -0.05) is 30.3 Å². The van der Waals surface area contributed by atoms with Crippen LogP contribution < -0.4 is 15.2 Å². The third-order valence-corrected chi connectivity index (χ3v) is 5.48. The highest BCUT2D eigenvalue weighted by molar-refractivity contribution is 7.89. The molecule has 3 N–H and O–H groups in total. The molecular weight excluding hydrogens is 388 g/mol. The summed E-state index contributed by atoms with van der Waals surface area (Å²) in [6.45, 7) is 4.00. The molecule has 6 nitrogen and oxygen atoms in total. The van der Waals surface area contributed by atoms with Gasteiger partial charge in [-0.3, -0.25) is 4.79 Å². The maximum absolute atomic E-state index is 12.6. The molecule has 3 aromatic rings. The second-order valence-corrected chi connectivity index (χ2v) is 8.27. The van der Waals surface area contributed by atoms with Crippen LogP contribution in [0.25, 0.3) is 0 Å². The normalized spacial score (nSPS) is 11.1. The summed E-state index contributed by atoms with van der Waals surface area (Å²) in [4.78, 5) is 12.6. The van der Waals surface area contributed by atoms with E-state index in [2.05, 4.69) is 5.32 Å². The number of anilines is 1. The van der Waals surface area contributed by atoms with Crippen molar-refractivity contribution in [3.63, 3.8) is 0 Å². The molecule has 29 heavy (non-hydrogen) atoms. The number of nitrogens with two attached hydrogens (primary N) is 1. The molecule has 7 heteroatoms. The number of hydrogen-bond donors (Lipinski definition) is 2. The second-order valence-electron chi connectivity index (χ2n) is 6.71. The Morgan fingerprint density at radius 3 is 2.28 bits per heavy atom. The third kappa shape index (κ3) is 5.22.